The number of nitrogens with one attached hydrogen (secondary N) is 2. The Morgan fingerprint density at radius 2 is 1.90 bits per heavy atom. The van der Waals surface area contributed by atoms with Crippen molar-refractivity contribution in [2.24, 2.45) is 5.84 Å². The van der Waals surface area contributed by atoms with E-state index >= 15 is 0 Å². The Bertz CT molecular complexity index is 453. The molecule has 0 saturated carbocycles. The second-order valence-electron chi connectivity index (χ2n) is 6.24. The number of nitrogens with zero attached hydrogens (tertiary/aromatic N) is 3. The van der Waals surface area contributed by atoms with E-state index in [0.717, 1.165) is 24.7 Å². The zero-order valence-corrected chi connectivity index (χ0v) is 14.0. The van der Waals surface area contributed by atoms with E-state index in [1.165, 1.54) is 24.6 Å². The third-order valence-electron chi connectivity index (χ3n) is 3.38. The van der Waals surface area contributed by atoms with Crippen LogP contribution in [0.15, 0.2) is 6.07 Å². The van der Waals surface area contributed by atoms with Gasteiger partial charge in [0.1, 0.15) is 17.5 Å². The summed E-state index contributed by atoms with van der Waals surface area (Å²) in [5, 5.41) is 3.38. The number of rotatable bonds is 5. The minimum absolute atomic E-state index is 0.104. The highest BCUT2D eigenvalue weighted by atomic mass is 32.2. The van der Waals surface area contributed by atoms with E-state index in [2.05, 4.69) is 46.4 Å². The van der Waals surface area contributed by atoms with E-state index in [4.69, 9.17) is 5.84 Å². The Labute approximate surface area is 131 Å². The smallest absolute Gasteiger partial charge is 0.145 e. The van der Waals surface area contributed by atoms with Crippen LogP contribution in [0.5, 0.6) is 0 Å². The molecule has 118 valence electrons. The van der Waals surface area contributed by atoms with Gasteiger partial charge in [0.25, 0.3) is 0 Å². The molecule has 0 bridgehead atoms. The maximum Gasteiger partial charge on any atom is 0.145 e. The molecule has 21 heavy (non-hydrogen) atoms. The van der Waals surface area contributed by atoms with Crippen molar-refractivity contribution >= 4 is 23.4 Å². The van der Waals surface area contributed by atoms with Crippen molar-refractivity contribution in [2.75, 3.05) is 48.4 Å². The van der Waals surface area contributed by atoms with Gasteiger partial charge in [0.2, 0.25) is 0 Å². The molecule has 1 aromatic heterocycles. The Hall–Kier alpha value is -1.05. The molecule has 0 spiro atoms. The lowest BCUT2D eigenvalue weighted by Gasteiger charge is -2.26. The number of hydrogen-bond donors (Lipinski definition) is 3. The van der Waals surface area contributed by atoms with Crippen molar-refractivity contribution in [3.05, 3.63) is 11.9 Å². The first-order chi connectivity index (χ1) is 9.99. The summed E-state index contributed by atoms with van der Waals surface area (Å²) in [4.78, 5) is 11.5. The number of anilines is 2. The fraction of sp³-hybridized carbons (Fsp3) is 0.714. The van der Waals surface area contributed by atoms with Gasteiger partial charge in [-0.15, -0.1) is 0 Å². The molecule has 0 radical (unpaired) electrons. The van der Waals surface area contributed by atoms with E-state index < -0.39 is 0 Å². The summed E-state index contributed by atoms with van der Waals surface area (Å²) in [6.45, 7) is 10.6. The number of nitrogens with two attached hydrogens (primary N) is 1. The first kappa shape index (κ1) is 16.3. The standard InChI is InChI=1S/C14H26N6S/c1-14(2,3)13-17-11(10-12(18-13)19-15)16-4-5-20-6-8-21-9-7-20/h10H,4-9,15H2,1-3H3,(H2,16,17,18,19). The van der Waals surface area contributed by atoms with Gasteiger partial charge in [-0.2, -0.15) is 11.8 Å². The molecule has 0 amide bonds. The van der Waals surface area contributed by atoms with Gasteiger partial charge >= 0.3 is 0 Å². The summed E-state index contributed by atoms with van der Waals surface area (Å²) in [6.07, 6.45) is 0. The highest BCUT2D eigenvalue weighted by molar-refractivity contribution is 7.99. The molecular weight excluding hydrogens is 284 g/mol. The van der Waals surface area contributed by atoms with Crippen LogP contribution in [0.3, 0.4) is 0 Å². The Balaban J connectivity index is 1.95. The largest absolute Gasteiger partial charge is 0.369 e. The van der Waals surface area contributed by atoms with Gasteiger partial charge in [0.15, 0.2) is 0 Å². The van der Waals surface area contributed by atoms with E-state index in [1.54, 1.807) is 0 Å². The normalized spacial score (nSPS) is 16.8. The van der Waals surface area contributed by atoms with Crippen molar-refractivity contribution < 1.29 is 0 Å². The summed E-state index contributed by atoms with van der Waals surface area (Å²) in [5.74, 6) is 10.2. The molecule has 0 unspecified atom stereocenters. The molecule has 2 heterocycles. The van der Waals surface area contributed by atoms with E-state index in [1.807, 2.05) is 17.8 Å². The molecule has 1 fully saturated rings. The Morgan fingerprint density at radius 1 is 1.24 bits per heavy atom. The number of aromatic nitrogens is 2. The molecule has 1 aliphatic rings. The van der Waals surface area contributed by atoms with Crippen molar-refractivity contribution in [3.8, 4) is 0 Å². The lowest BCUT2D eigenvalue weighted by Crippen LogP contribution is -2.36. The van der Waals surface area contributed by atoms with Crippen LogP contribution >= 0.6 is 11.8 Å². The second-order valence-corrected chi connectivity index (χ2v) is 7.46. The van der Waals surface area contributed by atoms with Crippen LogP contribution in [0.2, 0.25) is 0 Å². The van der Waals surface area contributed by atoms with Crippen LogP contribution in [-0.2, 0) is 5.41 Å². The lowest BCUT2D eigenvalue weighted by atomic mass is 9.96. The molecule has 0 aromatic carbocycles. The monoisotopic (exact) mass is 310 g/mol. The zero-order chi connectivity index (χ0) is 15.3. The van der Waals surface area contributed by atoms with Gasteiger partial charge in [-0.1, -0.05) is 20.8 Å². The predicted octanol–water partition coefficient (Wildman–Crippen LogP) is 1.52. The number of hydrazine groups is 1. The van der Waals surface area contributed by atoms with Crippen molar-refractivity contribution in [1.29, 1.82) is 0 Å². The summed E-state index contributed by atoms with van der Waals surface area (Å²) >= 11 is 2.03. The van der Waals surface area contributed by atoms with Gasteiger partial charge in [0.05, 0.1) is 0 Å². The van der Waals surface area contributed by atoms with Crippen molar-refractivity contribution in [3.63, 3.8) is 0 Å². The van der Waals surface area contributed by atoms with Gasteiger partial charge in [-0.3, -0.25) is 4.90 Å². The van der Waals surface area contributed by atoms with Gasteiger partial charge < -0.3 is 10.7 Å². The molecule has 1 aliphatic heterocycles. The number of thioether (sulfide) groups is 1. The Morgan fingerprint density at radius 3 is 2.52 bits per heavy atom. The minimum Gasteiger partial charge on any atom is -0.369 e. The van der Waals surface area contributed by atoms with Crippen LogP contribution in [0.4, 0.5) is 11.6 Å². The Kier molecular flexibility index (Phi) is 5.66. The van der Waals surface area contributed by atoms with Crippen LogP contribution in [-0.4, -0.2) is 52.6 Å². The van der Waals surface area contributed by atoms with E-state index in [9.17, 15) is 0 Å². The van der Waals surface area contributed by atoms with Crippen molar-refractivity contribution in [1.82, 2.24) is 14.9 Å². The fourth-order valence-electron chi connectivity index (χ4n) is 2.11. The molecule has 1 saturated heterocycles. The predicted molar refractivity (Wildman–Crippen MR) is 90.8 cm³/mol. The SMILES string of the molecule is CC(C)(C)c1nc(NN)cc(NCCN2CCSCC2)n1. The molecule has 4 N–H and O–H groups in total. The second kappa shape index (κ2) is 7.29. The summed E-state index contributed by atoms with van der Waals surface area (Å²) < 4.78 is 0. The molecule has 0 aliphatic carbocycles. The first-order valence-electron chi connectivity index (χ1n) is 7.39. The van der Waals surface area contributed by atoms with Gasteiger partial charge in [0, 0.05) is 49.2 Å². The molecule has 0 atom stereocenters. The number of hydrogen-bond acceptors (Lipinski definition) is 7. The lowest BCUT2D eigenvalue weighted by molar-refractivity contribution is 0.314. The number of nitrogen functional groups attached to an aromatic ring is 1. The quantitative estimate of drug-likeness (QED) is 0.562. The maximum atomic E-state index is 5.50. The highest BCUT2D eigenvalue weighted by Gasteiger charge is 2.19. The first-order valence-corrected chi connectivity index (χ1v) is 8.54. The molecule has 7 heteroatoms. The van der Waals surface area contributed by atoms with Crippen LogP contribution in [0.25, 0.3) is 0 Å². The molecular formula is C14H26N6S. The van der Waals surface area contributed by atoms with E-state index in [0.29, 0.717) is 5.82 Å². The summed E-state index contributed by atoms with van der Waals surface area (Å²) in [6, 6.07) is 1.85. The molecule has 6 nitrogen and oxygen atoms in total. The van der Waals surface area contributed by atoms with E-state index in [-0.39, 0.29) is 5.41 Å². The third-order valence-corrected chi connectivity index (χ3v) is 4.33. The van der Waals surface area contributed by atoms with Gasteiger partial charge in [-0.05, 0) is 0 Å². The van der Waals surface area contributed by atoms with Crippen LogP contribution < -0.4 is 16.6 Å². The molecule has 1 aromatic rings. The summed E-state index contributed by atoms with van der Waals surface area (Å²) in [7, 11) is 0. The zero-order valence-electron chi connectivity index (χ0n) is 13.1. The third kappa shape index (κ3) is 5.01. The fourth-order valence-corrected chi connectivity index (χ4v) is 3.09. The average molecular weight is 310 g/mol. The molecule has 2 rings (SSSR count). The summed E-state index contributed by atoms with van der Waals surface area (Å²) in [5.41, 5.74) is 2.51. The van der Waals surface area contributed by atoms with Crippen molar-refractivity contribution in [2.45, 2.75) is 26.2 Å². The highest BCUT2D eigenvalue weighted by Crippen LogP contribution is 2.21. The topological polar surface area (TPSA) is 79.1 Å². The average Bonchev–Trinajstić information content (AvgIpc) is 2.47. The van der Waals surface area contributed by atoms with Gasteiger partial charge in [-0.25, -0.2) is 15.8 Å². The van der Waals surface area contributed by atoms with Crippen LogP contribution in [0, 0.1) is 0 Å². The van der Waals surface area contributed by atoms with Crippen LogP contribution in [0.1, 0.15) is 26.6 Å². The minimum atomic E-state index is -0.104. The maximum absolute atomic E-state index is 5.50.